The molecule has 22 heavy (non-hydrogen) atoms. The minimum atomic E-state index is 0.0141. The molecule has 0 bridgehead atoms. The third kappa shape index (κ3) is 2.20. The average Bonchev–Trinajstić information content (AvgIpc) is 2.66. The molecule has 114 valence electrons. The van der Waals surface area contributed by atoms with Crippen molar-refractivity contribution in [3.8, 4) is 0 Å². The Kier molecular flexibility index (Phi) is 3.28. The lowest BCUT2D eigenvalue weighted by Crippen LogP contribution is -2.23. The Labute approximate surface area is 133 Å². The van der Waals surface area contributed by atoms with Gasteiger partial charge in [-0.15, -0.1) is 0 Å². The number of carbonyl (C=O) groups is 1. The number of ketones is 1. The fraction of sp³-hybridized carbons (Fsp3) is 0.381. The van der Waals surface area contributed by atoms with Crippen LogP contribution in [0.4, 0.5) is 0 Å². The van der Waals surface area contributed by atoms with E-state index in [0.29, 0.717) is 0 Å². The number of hydrogen-bond donors (Lipinski definition) is 0. The normalized spacial score (nSPS) is 22.4. The first-order chi connectivity index (χ1) is 10.2. The molecule has 2 aromatic carbocycles. The third-order valence-electron chi connectivity index (χ3n) is 5.22. The van der Waals surface area contributed by atoms with Gasteiger partial charge in [0, 0.05) is 11.0 Å². The van der Waals surface area contributed by atoms with Gasteiger partial charge in [0.05, 0.1) is 0 Å². The lowest BCUT2D eigenvalue weighted by atomic mass is 9.75. The van der Waals surface area contributed by atoms with E-state index in [4.69, 9.17) is 0 Å². The van der Waals surface area contributed by atoms with Crippen LogP contribution in [0.2, 0.25) is 0 Å². The first-order valence-corrected chi connectivity index (χ1v) is 7.97. The van der Waals surface area contributed by atoms with Gasteiger partial charge in [0.15, 0.2) is 5.78 Å². The molecular weight excluding hydrogens is 268 g/mol. The number of aryl methyl sites for hydroxylation is 1. The van der Waals surface area contributed by atoms with Gasteiger partial charge in [-0.05, 0) is 42.4 Å². The maximum atomic E-state index is 11.5. The Bertz CT molecular complexity index is 737. The number of rotatable bonds is 2. The molecule has 0 radical (unpaired) electrons. The van der Waals surface area contributed by atoms with Crippen molar-refractivity contribution in [3.63, 3.8) is 0 Å². The molecular formula is C21H24O. The van der Waals surface area contributed by atoms with Crippen LogP contribution in [0.3, 0.4) is 0 Å². The number of carbonyl (C=O) groups excluding carboxylic acids is 1. The minimum Gasteiger partial charge on any atom is -0.295 e. The van der Waals surface area contributed by atoms with Gasteiger partial charge in [-0.3, -0.25) is 4.79 Å². The Hall–Kier alpha value is -1.89. The Morgan fingerprint density at radius 2 is 1.59 bits per heavy atom. The summed E-state index contributed by atoms with van der Waals surface area (Å²) in [6.07, 6.45) is 1.10. The molecule has 0 aliphatic heterocycles. The zero-order valence-electron chi connectivity index (χ0n) is 14.2. The second-order valence-corrected chi connectivity index (χ2v) is 7.58. The van der Waals surface area contributed by atoms with Gasteiger partial charge in [-0.1, -0.05) is 68.8 Å². The van der Waals surface area contributed by atoms with Gasteiger partial charge < -0.3 is 0 Å². The van der Waals surface area contributed by atoms with Gasteiger partial charge in [-0.25, -0.2) is 0 Å². The van der Waals surface area contributed by atoms with Crippen LogP contribution in [0, 0.1) is 6.92 Å². The highest BCUT2D eigenvalue weighted by Crippen LogP contribution is 2.52. The van der Waals surface area contributed by atoms with Gasteiger partial charge in [0.1, 0.15) is 0 Å². The van der Waals surface area contributed by atoms with Gasteiger partial charge in [0.25, 0.3) is 0 Å². The van der Waals surface area contributed by atoms with Crippen LogP contribution in [0.25, 0.3) is 0 Å². The van der Waals surface area contributed by atoms with Crippen molar-refractivity contribution in [2.24, 2.45) is 0 Å². The SMILES string of the molecule is CC(=O)c1ccc(C2(C)CC(C)(C)c3ccc(C)cc32)cc1. The Morgan fingerprint density at radius 1 is 0.955 bits per heavy atom. The van der Waals surface area contributed by atoms with Crippen LogP contribution < -0.4 is 0 Å². The molecule has 1 atom stereocenters. The lowest BCUT2D eigenvalue weighted by Gasteiger charge is -2.28. The third-order valence-corrected chi connectivity index (χ3v) is 5.22. The van der Waals surface area contributed by atoms with E-state index in [2.05, 4.69) is 58.0 Å². The fourth-order valence-electron chi connectivity index (χ4n) is 4.11. The second kappa shape index (κ2) is 4.81. The predicted molar refractivity (Wildman–Crippen MR) is 91.7 cm³/mol. The van der Waals surface area contributed by atoms with Crippen molar-refractivity contribution in [2.75, 3.05) is 0 Å². The van der Waals surface area contributed by atoms with E-state index in [1.54, 1.807) is 6.92 Å². The molecule has 0 spiro atoms. The molecule has 1 unspecified atom stereocenters. The molecule has 0 N–H and O–H groups in total. The highest BCUT2D eigenvalue weighted by molar-refractivity contribution is 5.94. The summed E-state index contributed by atoms with van der Waals surface area (Å²) in [5.74, 6) is 0.125. The standard InChI is InChI=1S/C21H24O/c1-14-6-11-18-19(12-14)21(5,13-20(18,3)4)17-9-7-16(8-10-17)15(2)22/h6-12H,13H2,1-5H3. The molecule has 0 fully saturated rings. The summed E-state index contributed by atoms with van der Waals surface area (Å²) in [5.41, 5.74) is 6.48. The first-order valence-electron chi connectivity index (χ1n) is 7.97. The maximum Gasteiger partial charge on any atom is 0.159 e. The van der Waals surface area contributed by atoms with Gasteiger partial charge in [-0.2, -0.15) is 0 Å². The second-order valence-electron chi connectivity index (χ2n) is 7.58. The molecule has 1 nitrogen and oxygen atoms in total. The van der Waals surface area contributed by atoms with Crippen LogP contribution in [0.5, 0.6) is 0 Å². The molecule has 2 aromatic rings. The number of Topliss-reactive ketones (excluding diaryl/α,β-unsaturated/α-hetero) is 1. The quantitative estimate of drug-likeness (QED) is 0.697. The van der Waals surface area contributed by atoms with E-state index < -0.39 is 0 Å². The molecule has 1 heteroatoms. The molecule has 0 saturated heterocycles. The molecule has 0 heterocycles. The molecule has 1 aliphatic carbocycles. The van der Waals surface area contributed by atoms with E-state index >= 15 is 0 Å². The molecule has 0 amide bonds. The highest BCUT2D eigenvalue weighted by atomic mass is 16.1. The lowest BCUT2D eigenvalue weighted by molar-refractivity contribution is 0.101. The summed E-state index contributed by atoms with van der Waals surface area (Å²) >= 11 is 0. The van der Waals surface area contributed by atoms with Crippen molar-refractivity contribution in [2.45, 2.75) is 51.9 Å². The topological polar surface area (TPSA) is 17.1 Å². The monoisotopic (exact) mass is 292 g/mol. The van der Waals surface area contributed by atoms with Crippen molar-refractivity contribution in [1.29, 1.82) is 0 Å². The minimum absolute atomic E-state index is 0.0141. The van der Waals surface area contributed by atoms with E-state index in [1.807, 2.05) is 12.1 Å². The maximum absolute atomic E-state index is 11.5. The van der Waals surface area contributed by atoms with Crippen LogP contribution in [0.1, 0.15) is 66.7 Å². The fourth-order valence-corrected chi connectivity index (χ4v) is 4.11. The molecule has 1 aliphatic rings. The van der Waals surface area contributed by atoms with E-state index in [9.17, 15) is 4.79 Å². The Morgan fingerprint density at radius 3 is 2.18 bits per heavy atom. The van der Waals surface area contributed by atoms with Crippen LogP contribution in [-0.4, -0.2) is 5.78 Å². The van der Waals surface area contributed by atoms with Crippen LogP contribution in [-0.2, 0) is 10.8 Å². The smallest absolute Gasteiger partial charge is 0.159 e. The summed E-state index contributed by atoms with van der Waals surface area (Å²) in [6, 6.07) is 15.0. The van der Waals surface area contributed by atoms with Crippen LogP contribution in [0.15, 0.2) is 42.5 Å². The number of benzene rings is 2. The summed E-state index contributed by atoms with van der Waals surface area (Å²) in [7, 11) is 0. The van der Waals surface area contributed by atoms with Gasteiger partial charge in [0.2, 0.25) is 0 Å². The van der Waals surface area contributed by atoms with Crippen molar-refractivity contribution >= 4 is 5.78 Å². The zero-order valence-corrected chi connectivity index (χ0v) is 14.2. The average molecular weight is 292 g/mol. The summed E-state index contributed by atoms with van der Waals surface area (Å²) in [4.78, 5) is 11.5. The Balaban J connectivity index is 2.15. The predicted octanol–water partition coefficient (Wildman–Crippen LogP) is 5.18. The van der Waals surface area contributed by atoms with Gasteiger partial charge >= 0.3 is 0 Å². The highest BCUT2D eigenvalue weighted by Gasteiger charge is 2.45. The van der Waals surface area contributed by atoms with Crippen molar-refractivity contribution in [1.82, 2.24) is 0 Å². The van der Waals surface area contributed by atoms with Crippen molar-refractivity contribution < 1.29 is 4.79 Å². The number of hydrogen-bond acceptors (Lipinski definition) is 1. The van der Waals surface area contributed by atoms with E-state index in [-0.39, 0.29) is 16.6 Å². The van der Waals surface area contributed by atoms with Crippen LogP contribution >= 0.6 is 0 Å². The molecule has 3 rings (SSSR count). The zero-order chi connectivity index (χ0) is 16.1. The molecule has 0 saturated carbocycles. The summed E-state index contributed by atoms with van der Waals surface area (Å²) in [6.45, 7) is 10.8. The molecule has 0 aromatic heterocycles. The number of fused-ring (bicyclic) bond motifs is 1. The largest absolute Gasteiger partial charge is 0.295 e. The van der Waals surface area contributed by atoms with Crippen molar-refractivity contribution in [3.05, 3.63) is 70.3 Å². The van der Waals surface area contributed by atoms with E-state index in [0.717, 1.165) is 12.0 Å². The van der Waals surface area contributed by atoms with E-state index in [1.165, 1.54) is 22.3 Å². The first kappa shape index (κ1) is 15.0. The summed E-state index contributed by atoms with van der Waals surface area (Å²) < 4.78 is 0. The summed E-state index contributed by atoms with van der Waals surface area (Å²) in [5, 5.41) is 0.